The molecule has 2 aromatic rings. The number of aryl methyl sites for hydroxylation is 1. The fourth-order valence-corrected chi connectivity index (χ4v) is 3.50. The topological polar surface area (TPSA) is 58.4 Å². The van der Waals surface area contributed by atoms with Crippen LogP contribution in [0.25, 0.3) is 5.69 Å². The summed E-state index contributed by atoms with van der Waals surface area (Å²) in [4.78, 5) is 14.7. The average molecular weight is 327 g/mol. The largest absolute Gasteiger partial charge is 0.394 e. The Balaban J connectivity index is 2.07. The molecule has 0 radical (unpaired) electrons. The number of hydrogen-bond acceptors (Lipinski definition) is 3. The lowest BCUT2D eigenvalue weighted by atomic mass is 10.1. The number of aromatic nitrogens is 2. The molecule has 1 atom stereocenters. The van der Waals surface area contributed by atoms with Gasteiger partial charge < -0.3 is 10.0 Å². The zero-order chi connectivity index (χ0) is 17.3. The number of nitrogens with zero attached hydrogens (tertiary/aromatic N) is 3. The van der Waals surface area contributed by atoms with Crippen LogP contribution in [0.2, 0.25) is 0 Å². The van der Waals surface area contributed by atoms with E-state index >= 15 is 0 Å². The van der Waals surface area contributed by atoms with Gasteiger partial charge >= 0.3 is 0 Å². The third kappa shape index (κ3) is 2.73. The first-order valence-electron chi connectivity index (χ1n) is 8.67. The minimum atomic E-state index is -0.205. The van der Waals surface area contributed by atoms with Crippen molar-refractivity contribution < 1.29 is 9.90 Å². The zero-order valence-corrected chi connectivity index (χ0v) is 14.6. The van der Waals surface area contributed by atoms with Crippen molar-refractivity contribution in [3.63, 3.8) is 0 Å². The normalized spacial score (nSPS) is 14.5. The van der Waals surface area contributed by atoms with Gasteiger partial charge in [0.15, 0.2) is 5.69 Å². The molecule has 1 amide bonds. The van der Waals surface area contributed by atoms with E-state index in [1.807, 2.05) is 36.7 Å². The monoisotopic (exact) mass is 327 g/mol. The van der Waals surface area contributed by atoms with E-state index < -0.39 is 0 Å². The first-order chi connectivity index (χ1) is 11.6. The van der Waals surface area contributed by atoms with Crippen LogP contribution in [0.15, 0.2) is 24.3 Å². The Morgan fingerprint density at radius 2 is 2.12 bits per heavy atom. The van der Waals surface area contributed by atoms with E-state index in [-0.39, 0.29) is 18.6 Å². The third-order valence-corrected chi connectivity index (χ3v) is 4.87. The van der Waals surface area contributed by atoms with E-state index in [4.69, 9.17) is 5.10 Å². The summed E-state index contributed by atoms with van der Waals surface area (Å²) in [6.45, 7) is 6.38. The lowest BCUT2D eigenvalue weighted by molar-refractivity contribution is 0.0625. The minimum Gasteiger partial charge on any atom is -0.394 e. The van der Waals surface area contributed by atoms with Gasteiger partial charge in [0.2, 0.25) is 0 Å². The van der Waals surface area contributed by atoms with Gasteiger partial charge in [-0.1, -0.05) is 18.2 Å². The summed E-state index contributed by atoms with van der Waals surface area (Å²) >= 11 is 0. The minimum absolute atomic E-state index is 0.0414. The maximum absolute atomic E-state index is 13.0. The number of amides is 1. The summed E-state index contributed by atoms with van der Waals surface area (Å²) in [6.07, 6.45) is 2.90. The van der Waals surface area contributed by atoms with Crippen LogP contribution >= 0.6 is 0 Å². The Morgan fingerprint density at radius 3 is 2.79 bits per heavy atom. The van der Waals surface area contributed by atoms with E-state index in [2.05, 4.69) is 13.0 Å². The summed E-state index contributed by atoms with van der Waals surface area (Å²) in [5.74, 6) is -0.0791. The van der Waals surface area contributed by atoms with E-state index in [0.717, 1.165) is 41.8 Å². The van der Waals surface area contributed by atoms with Crippen LogP contribution in [0, 0.1) is 6.92 Å². The number of hydrogen-bond donors (Lipinski definition) is 1. The quantitative estimate of drug-likeness (QED) is 0.918. The molecule has 5 nitrogen and oxygen atoms in total. The molecule has 1 N–H and O–H groups in total. The molecule has 0 fully saturated rings. The molecule has 1 aliphatic carbocycles. The van der Waals surface area contributed by atoms with Gasteiger partial charge in [-0.25, -0.2) is 4.68 Å². The first kappa shape index (κ1) is 16.7. The number of carbonyl (C=O) groups excluding carboxylic acids is 1. The number of aliphatic hydroxyl groups is 1. The smallest absolute Gasteiger partial charge is 0.274 e. The van der Waals surface area contributed by atoms with Crippen molar-refractivity contribution in [3.05, 3.63) is 46.8 Å². The average Bonchev–Trinajstić information content (AvgIpc) is 3.18. The predicted octanol–water partition coefficient (Wildman–Crippen LogP) is 2.51. The van der Waals surface area contributed by atoms with Crippen LogP contribution in [0.1, 0.15) is 47.6 Å². The molecule has 0 spiro atoms. The number of para-hydroxylation sites is 1. The molecule has 0 saturated carbocycles. The van der Waals surface area contributed by atoms with Gasteiger partial charge in [0, 0.05) is 17.8 Å². The van der Waals surface area contributed by atoms with Crippen molar-refractivity contribution in [1.29, 1.82) is 0 Å². The predicted molar refractivity (Wildman–Crippen MR) is 93.6 cm³/mol. The molecule has 1 aliphatic rings. The maximum atomic E-state index is 13.0. The second-order valence-electron chi connectivity index (χ2n) is 6.45. The molecular weight excluding hydrogens is 302 g/mol. The van der Waals surface area contributed by atoms with Crippen molar-refractivity contribution >= 4 is 5.91 Å². The van der Waals surface area contributed by atoms with Gasteiger partial charge in [0.05, 0.1) is 18.3 Å². The van der Waals surface area contributed by atoms with E-state index in [1.165, 1.54) is 0 Å². The highest BCUT2D eigenvalue weighted by molar-refractivity contribution is 5.94. The number of fused-ring (bicyclic) bond motifs is 1. The van der Waals surface area contributed by atoms with Crippen molar-refractivity contribution in [2.45, 2.75) is 46.1 Å². The summed E-state index contributed by atoms with van der Waals surface area (Å²) in [6, 6.07) is 7.91. The first-order valence-corrected chi connectivity index (χ1v) is 8.67. The molecule has 1 heterocycles. The number of benzene rings is 1. The number of aliphatic hydroxyl groups excluding tert-OH is 1. The fraction of sp³-hybridized carbons (Fsp3) is 0.474. The molecule has 3 rings (SSSR count). The highest BCUT2D eigenvalue weighted by Crippen LogP contribution is 2.29. The third-order valence-electron chi connectivity index (χ3n) is 4.87. The molecule has 5 heteroatoms. The Kier molecular flexibility index (Phi) is 4.71. The van der Waals surface area contributed by atoms with Crippen molar-refractivity contribution in [1.82, 2.24) is 14.7 Å². The molecule has 0 unspecified atom stereocenters. The number of rotatable bonds is 5. The molecular formula is C19H25N3O2. The number of likely N-dealkylation sites (N-methyl/N-ethyl adjacent to an activating group) is 1. The lowest BCUT2D eigenvalue weighted by Gasteiger charge is -2.26. The van der Waals surface area contributed by atoms with E-state index in [1.54, 1.807) is 4.90 Å². The van der Waals surface area contributed by atoms with Crippen molar-refractivity contribution in [2.75, 3.05) is 13.2 Å². The van der Waals surface area contributed by atoms with Crippen LogP contribution < -0.4 is 0 Å². The maximum Gasteiger partial charge on any atom is 0.274 e. The van der Waals surface area contributed by atoms with Gasteiger partial charge in [0.25, 0.3) is 5.91 Å². The van der Waals surface area contributed by atoms with Crippen LogP contribution in [-0.4, -0.2) is 44.9 Å². The van der Waals surface area contributed by atoms with Crippen LogP contribution in [0.3, 0.4) is 0 Å². The van der Waals surface area contributed by atoms with Crippen molar-refractivity contribution in [3.8, 4) is 5.69 Å². The highest BCUT2D eigenvalue weighted by atomic mass is 16.3. The Bertz CT molecular complexity index is 751. The van der Waals surface area contributed by atoms with Gasteiger partial charge in [-0.3, -0.25) is 4.79 Å². The van der Waals surface area contributed by atoms with Crippen molar-refractivity contribution in [2.24, 2.45) is 0 Å². The summed E-state index contributed by atoms with van der Waals surface area (Å²) < 4.78 is 1.95. The fourth-order valence-electron chi connectivity index (χ4n) is 3.50. The molecule has 128 valence electrons. The van der Waals surface area contributed by atoms with Crippen LogP contribution in [0.4, 0.5) is 0 Å². The molecule has 1 aromatic heterocycles. The lowest BCUT2D eigenvalue weighted by Crippen LogP contribution is -2.41. The summed E-state index contributed by atoms with van der Waals surface area (Å²) in [5, 5.41) is 14.1. The van der Waals surface area contributed by atoms with Gasteiger partial charge in [-0.15, -0.1) is 0 Å². The Morgan fingerprint density at radius 1 is 1.38 bits per heavy atom. The van der Waals surface area contributed by atoms with E-state index in [0.29, 0.717) is 12.2 Å². The second-order valence-corrected chi connectivity index (χ2v) is 6.45. The van der Waals surface area contributed by atoms with Gasteiger partial charge in [-0.2, -0.15) is 5.10 Å². The van der Waals surface area contributed by atoms with Crippen LogP contribution in [-0.2, 0) is 12.8 Å². The molecule has 0 saturated heterocycles. The molecule has 24 heavy (non-hydrogen) atoms. The Hall–Kier alpha value is -2.14. The highest BCUT2D eigenvalue weighted by Gasteiger charge is 2.30. The van der Waals surface area contributed by atoms with Crippen LogP contribution in [0.5, 0.6) is 0 Å². The molecule has 0 aliphatic heterocycles. The molecule has 1 aromatic carbocycles. The standard InChI is InChI=1S/C19H25N3O2/c1-4-21(14(3)12-23)19(24)18-15-9-7-11-17(15)22(20-18)16-10-6-5-8-13(16)2/h5-6,8,10,14,23H,4,7,9,11-12H2,1-3H3/t14-/m0/s1. The van der Waals surface area contributed by atoms with E-state index in [9.17, 15) is 9.90 Å². The second kappa shape index (κ2) is 6.77. The number of carbonyl (C=O) groups is 1. The zero-order valence-electron chi connectivity index (χ0n) is 14.6. The summed E-state index contributed by atoms with van der Waals surface area (Å²) in [7, 11) is 0. The SMILES string of the molecule is CCN(C(=O)c1nn(-c2ccccc2C)c2c1CCC2)[C@@H](C)CO. The Labute approximate surface area is 142 Å². The molecule has 0 bridgehead atoms. The van der Waals surface area contributed by atoms with Gasteiger partial charge in [0.1, 0.15) is 0 Å². The summed E-state index contributed by atoms with van der Waals surface area (Å²) in [5.41, 5.74) is 4.96. The van der Waals surface area contributed by atoms with Gasteiger partial charge in [-0.05, 0) is 51.7 Å².